The van der Waals surface area contributed by atoms with Gasteiger partial charge in [-0.05, 0) is 124 Å². The van der Waals surface area contributed by atoms with Gasteiger partial charge in [-0.2, -0.15) is 0 Å². The fourth-order valence-corrected chi connectivity index (χ4v) is 13.5. The molecule has 2 bridgehead atoms. The fraction of sp³-hybridized carbons (Fsp3) is 0.652. The molecule has 0 aromatic heterocycles. The van der Waals surface area contributed by atoms with Gasteiger partial charge in [-0.25, -0.2) is 0 Å². The molecule has 10 atom stereocenters. The number of ether oxygens (including phenoxy) is 2. The van der Waals surface area contributed by atoms with Crippen LogP contribution in [0.1, 0.15) is 96.5 Å². The second-order valence-electron chi connectivity index (χ2n) is 19.5. The molecule has 14 nitrogen and oxygen atoms in total. The van der Waals surface area contributed by atoms with E-state index in [1.807, 2.05) is 24.3 Å². The molecule has 1 heterocycles. The van der Waals surface area contributed by atoms with Gasteiger partial charge in [0, 0.05) is 34.3 Å². The number of hydrogen-bond donors (Lipinski definition) is 6. The Balaban J connectivity index is 0.932. The van der Waals surface area contributed by atoms with Crippen LogP contribution >= 0.6 is 15.9 Å². The smallest absolute Gasteiger partial charge is 0.303 e. The van der Waals surface area contributed by atoms with Crippen LogP contribution < -0.4 is 16.0 Å². The van der Waals surface area contributed by atoms with E-state index >= 15 is 0 Å². The Morgan fingerprint density at radius 2 is 1.77 bits per heavy atom. The highest BCUT2D eigenvalue weighted by Crippen LogP contribution is 2.71. The first-order valence-corrected chi connectivity index (χ1v) is 23.0. The van der Waals surface area contributed by atoms with Gasteiger partial charge in [0.1, 0.15) is 12.6 Å². The highest BCUT2D eigenvalue weighted by Gasteiger charge is 2.77. The van der Waals surface area contributed by atoms with Crippen molar-refractivity contribution in [2.75, 3.05) is 23.8 Å². The summed E-state index contributed by atoms with van der Waals surface area (Å²) in [6, 6.07) is 6.43. The summed E-state index contributed by atoms with van der Waals surface area (Å²) in [5.41, 5.74) is -0.231. The van der Waals surface area contributed by atoms with E-state index in [-0.39, 0.29) is 64.9 Å². The van der Waals surface area contributed by atoms with Crippen molar-refractivity contribution in [2.45, 2.75) is 127 Å². The molecule has 1 saturated heterocycles. The number of carbonyl (C=O) groups excluding carboxylic acids is 5. The van der Waals surface area contributed by atoms with Gasteiger partial charge < -0.3 is 40.7 Å². The van der Waals surface area contributed by atoms with Gasteiger partial charge in [-0.3, -0.25) is 28.8 Å². The summed E-state index contributed by atoms with van der Waals surface area (Å²) in [6.07, 6.45) is 11.6. The van der Waals surface area contributed by atoms with Crippen LogP contribution in [0, 0.1) is 39.4 Å². The first-order chi connectivity index (χ1) is 29.0. The number of anilines is 1. The maximum absolute atomic E-state index is 14.2. The third kappa shape index (κ3) is 7.53. The topological polar surface area (TPSA) is 218 Å². The number of aliphatic hydroxyl groups excluding tert-OH is 2. The first kappa shape index (κ1) is 43.9. The van der Waals surface area contributed by atoms with Crippen LogP contribution in [0.5, 0.6) is 0 Å². The minimum atomic E-state index is -1.37. The zero-order chi connectivity index (χ0) is 43.5. The minimum absolute atomic E-state index is 0.0110. The average molecular weight is 909 g/mol. The number of nitrogens with one attached hydrogen (secondary N) is 3. The van der Waals surface area contributed by atoms with Gasteiger partial charge in [0.25, 0.3) is 0 Å². The fourth-order valence-electron chi connectivity index (χ4n) is 13.3. The number of amides is 3. The Kier molecular flexibility index (Phi) is 11.8. The SMILES string of the molecule is C[C@]12C=CC(=O)C=C1CC[C@@H]1[C@@H]2[C@@H](O)C[C@@]2(C)[C@H]1CC1O[C@@H](C34CCC(Cc5cccc(NC(=O)[C@H](CCC(=O)O)NC(=O)CNC(=O)CBr)c5)(CC3)CC4)O[C@]12C(=O)CO. The lowest BCUT2D eigenvalue weighted by Crippen LogP contribution is -2.64. The highest BCUT2D eigenvalue weighted by atomic mass is 79.9. The molecule has 6 saturated carbocycles. The van der Waals surface area contributed by atoms with Gasteiger partial charge >= 0.3 is 5.97 Å². The first-order valence-electron chi connectivity index (χ1n) is 21.8. The molecule has 9 rings (SSSR count). The number of carbonyl (C=O) groups is 6. The standard InChI is InChI=1S/C46H58BrN3O11/c1-42-11-10-29(52)19-27(42)6-7-30-31-20-35-46(34(54)25-51,43(31,2)22-33(53)39(30)42)61-41(60-35)45-15-12-44(13-16-45,14-17-45)21-26-4-3-5-28(18-26)49-40(59)32(8-9-38(57)58)50-37(56)24-48-36(55)23-47/h3-5,10-11,18-19,30-33,35,39,41,51,53H,6-9,12-17,20-25H2,1-2H3,(H,48,55)(H,49,59)(H,50,56)(H,57,58)/t30-,31-,32-,33-,35?,39+,41+,42-,43-,44?,45?,46+/m0/s1. The minimum Gasteiger partial charge on any atom is -0.481 e. The van der Waals surface area contributed by atoms with E-state index in [9.17, 15) is 44.1 Å². The molecule has 15 heteroatoms. The van der Waals surface area contributed by atoms with Crippen LogP contribution in [-0.4, -0.2) is 99.2 Å². The molecule has 6 N–H and O–H groups in total. The number of rotatable bonds is 14. The largest absolute Gasteiger partial charge is 0.481 e. The molecule has 0 radical (unpaired) electrons. The average Bonchev–Trinajstić information content (AvgIpc) is 3.75. The van der Waals surface area contributed by atoms with Crippen molar-refractivity contribution in [2.24, 2.45) is 39.4 Å². The number of alkyl halides is 1. The number of carboxylic acids is 1. The molecule has 3 amide bonds. The Hall–Kier alpha value is -3.76. The van der Waals surface area contributed by atoms with Gasteiger partial charge in [0.15, 0.2) is 23.5 Å². The zero-order valence-electron chi connectivity index (χ0n) is 34.9. The summed E-state index contributed by atoms with van der Waals surface area (Å²) in [4.78, 5) is 75.2. The Morgan fingerprint density at radius 3 is 2.46 bits per heavy atom. The summed E-state index contributed by atoms with van der Waals surface area (Å²) < 4.78 is 14.1. The lowest BCUT2D eigenvalue weighted by Gasteiger charge is -2.60. The number of allylic oxidation sites excluding steroid dienone is 4. The van der Waals surface area contributed by atoms with E-state index in [1.165, 1.54) is 0 Å². The van der Waals surface area contributed by atoms with Crippen molar-refractivity contribution in [1.82, 2.24) is 10.6 Å². The number of carboxylic acid groups (broad SMARTS) is 1. The lowest BCUT2D eigenvalue weighted by molar-refractivity contribution is -0.239. The van der Waals surface area contributed by atoms with Crippen LogP contribution in [0.3, 0.4) is 0 Å². The number of benzene rings is 1. The maximum Gasteiger partial charge on any atom is 0.303 e. The summed E-state index contributed by atoms with van der Waals surface area (Å²) in [5.74, 6) is -3.06. The molecule has 330 valence electrons. The molecule has 1 unspecified atom stereocenters. The number of Topliss-reactive ketones (excluding diaryl/α,β-unsaturated/α-hetero) is 1. The van der Waals surface area contributed by atoms with Gasteiger partial charge in [-0.1, -0.05) is 53.6 Å². The van der Waals surface area contributed by atoms with E-state index in [0.717, 1.165) is 68.9 Å². The van der Waals surface area contributed by atoms with Crippen LogP contribution in [0.25, 0.3) is 0 Å². The Morgan fingerprint density at radius 1 is 1.03 bits per heavy atom. The molecule has 8 aliphatic rings. The molecular weight excluding hydrogens is 850 g/mol. The predicted octanol–water partition coefficient (Wildman–Crippen LogP) is 4.30. The number of aliphatic hydroxyl groups is 2. The molecule has 1 aliphatic heterocycles. The van der Waals surface area contributed by atoms with Crippen molar-refractivity contribution in [3.05, 3.63) is 53.6 Å². The third-order valence-electron chi connectivity index (χ3n) is 16.4. The van der Waals surface area contributed by atoms with E-state index in [0.29, 0.717) is 18.5 Å². The number of halogens is 1. The summed E-state index contributed by atoms with van der Waals surface area (Å²) in [6.45, 7) is 3.18. The van der Waals surface area contributed by atoms with Crippen LogP contribution in [0.2, 0.25) is 0 Å². The second-order valence-corrected chi connectivity index (χ2v) is 20.1. The van der Waals surface area contributed by atoms with Crippen LogP contribution in [0.15, 0.2) is 48.1 Å². The van der Waals surface area contributed by atoms with Crippen molar-refractivity contribution in [3.8, 4) is 0 Å². The monoisotopic (exact) mass is 907 g/mol. The van der Waals surface area contributed by atoms with Gasteiger partial charge in [0.05, 0.1) is 24.1 Å². The molecule has 0 spiro atoms. The number of fused-ring (bicyclic) bond motifs is 10. The van der Waals surface area contributed by atoms with Crippen molar-refractivity contribution >= 4 is 56.9 Å². The third-order valence-corrected chi connectivity index (χ3v) is 16.9. The summed E-state index contributed by atoms with van der Waals surface area (Å²) >= 11 is 3.01. The predicted molar refractivity (Wildman–Crippen MR) is 225 cm³/mol. The molecule has 61 heavy (non-hydrogen) atoms. The summed E-state index contributed by atoms with van der Waals surface area (Å²) in [5, 5.41) is 39.6. The van der Waals surface area contributed by atoms with Gasteiger partial charge in [0.2, 0.25) is 17.7 Å². The van der Waals surface area contributed by atoms with Crippen molar-refractivity contribution in [3.63, 3.8) is 0 Å². The molecular formula is C46H58BrN3O11. The van der Waals surface area contributed by atoms with E-state index < -0.39 is 71.3 Å². The van der Waals surface area contributed by atoms with E-state index in [2.05, 4.69) is 45.7 Å². The Bertz CT molecular complexity index is 2030. The van der Waals surface area contributed by atoms with E-state index in [4.69, 9.17) is 9.47 Å². The van der Waals surface area contributed by atoms with Crippen LogP contribution in [-0.2, 0) is 44.7 Å². The summed E-state index contributed by atoms with van der Waals surface area (Å²) in [7, 11) is 0. The normalized spacial score (nSPS) is 38.6. The second kappa shape index (κ2) is 16.4. The number of hydrogen-bond acceptors (Lipinski definition) is 10. The highest BCUT2D eigenvalue weighted by molar-refractivity contribution is 9.09. The number of ketones is 2. The molecule has 7 aliphatic carbocycles. The lowest BCUT2D eigenvalue weighted by atomic mass is 9.46. The Labute approximate surface area is 364 Å². The quantitative estimate of drug-likeness (QED) is 0.145. The van der Waals surface area contributed by atoms with Crippen molar-refractivity contribution < 1.29 is 53.6 Å². The molecule has 1 aromatic carbocycles. The van der Waals surface area contributed by atoms with E-state index in [1.54, 1.807) is 18.2 Å². The van der Waals surface area contributed by atoms with Gasteiger partial charge in [-0.15, -0.1) is 0 Å². The molecule has 7 fully saturated rings. The number of aliphatic carboxylic acids is 1. The van der Waals surface area contributed by atoms with Crippen LogP contribution in [0.4, 0.5) is 5.69 Å². The zero-order valence-corrected chi connectivity index (χ0v) is 36.5. The molecule has 1 aromatic rings. The maximum atomic E-state index is 14.2. The van der Waals surface area contributed by atoms with Crippen molar-refractivity contribution in [1.29, 1.82) is 0 Å².